The highest BCUT2D eigenvalue weighted by Crippen LogP contribution is 2.27. The van der Waals surface area contributed by atoms with E-state index in [1.807, 2.05) is 6.92 Å². The van der Waals surface area contributed by atoms with Crippen molar-refractivity contribution >= 4 is 29.1 Å². The highest BCUT2D eigenvalue weighted by atomic mass is 32.2. The molecule has 0 aliphatic rings. The first kappa shape index (κ1) is 12.1. The van der Waals surface area contributed by atoms with Crippen LogP contribution in [-0.4, -0.2) is 23.3 Å². The molecule has 90 valence electrons. The predicted octanol–water partition coefficient (Wildman–Crippen LogP) is 2.52. The number of carbonyl (C=O) groups is 1. The van der Waals surface area contributed by atoms with Crippen LogP contribution in [-0.2, 0) is 10.5 Å². The maximum absolute atomic E-state index is 11.4. The van der Waals surface area contributed by atoms with Gasteiger partial charge in [0.05, 0.1) is 19.1 Å². The fourth-order valence-electron chi connectivity index (χ4n) is 1.21. The molecular formula is C10H10N2O3S2. The van der Waals surface area contributed by atoms with Crippen LogP contribution in [0.15, 0.2) is 21.1 Å². The summed E-state index contributed by atoms with van der Waals surface area (Å²) in [5.74, 6) is 0.740. The monoisotopic (exact) mass is 270 g/mol. The van der Waals surface area contributed by atoms with E-state index in [4.69, 9.17) is 4.42 Å². The van der Waals surface area contributed by atoms with Gasteiger partial charge >= 0.3 is 5.97 Å². The van der Waals surface area contributed by atoms with Gasteiger partial charge in [-0.05, 0) is 13.0 Å². The number of methoxy groups -OCH3 is 1. The molecule has 0 radical (unpaired) electrons. The Morgan fingerprint density at radius 1 is 1.59 bits per heavy atom. The molecule has 0 fully saturated rings. The Morgan fingerprint density at radius 2 is 2.41 bits per heavy atom. The second-order valence-corrected chi connectivity index (χ2v) is 5.53. The lowest BCUT2D eigenvalue weighted by Gasteiger charge is -1.98. The lowest BCUT2D eigenvalue weighted by atomic mass is 10.3. The van der Waals surface area contributed by atoms with Gasteiger partial charge in [-0.3, -0.25) is 0 Å². The molecule has 2 aromatic rings. The van der Waals surface area contributed by atoms with Gasteiger partial charge in [0, 0.05) is 0 Å². The number of aryl methyl sites for hydroxylation is 1. The number of thioether (sulfide) groups is 1. The first-order chi connectivity index (χ1) is 8.20. The molecule has 0 amide bonds. The summed E-state index contributed by atoms with van der Waals surface area (Å²) >= 11 is 3.00. The number of rotatable bonds is 4. The van der Waals surface area contributed by atoms with Crippen LogP contribution in [0.3, 0.4) is 0 Å². The van der Waals surface area contributed by atoms with Crippen molar-refractivity contribution in [1.29, 1.82) is 0 Å². The van der Waals surface area contributed by atoms with Gasteiger partial charge in [-0.15, -0.1) is 10.2 Å². The molecule has 0 saturated heterocycles. The average Bonchev–Trinajstić information content (AvgIpc) is 2.94. The zero-order valence-corrected chi connectivity index (χ0v) is 10.9. The number of ether oxygens (including phenoxy) is 1. The first-order valence-electron chi connectivity index (χ1n) is 4.78. The number of carbonyl (C=O) groups excluding carboxylic acids is 1. The van der Waals surface area contributed by atoms with Gasteiger partial charge in [0.25, 0.3) is 0 Å². The van der Waals surface area contributed by atoms with E-state index in [0.29, 0.717) is 17.1 Å². The van der Waals surface area contributed by atoms with Crippen LogP contribution < -0.4 is 0 Å². The highest BCUT2D eigenvalue weighted by Gasteiger charge is 2.15. The van der Waals surface area contributed by atoms with Gasteiger partial charge in [0.15, 0.2) is 4.34 Å². The van der Waals surface area contributed by atoms with E-state index in [9.17, 15) is 4.79 Å². The van der Waals surface area contributed by atoms with Crippen molar-refractivity contribution in [2.75, 3.05) is 7.11 Å². The Bertz CT molecular complexity index is 521. The van der Waals surface area contributed by atoms with Crippen LogP contribution in [0.5, 0.6) is 0 Å². The van der Waals surface area contributed by atoms with Crippen molar-refractivity contribution in [2.45, 2.75) is 17.0 Å². The Labute approximate surface area is 106 Å². The van der Waals surface area contributed by atoms with Crippen molar-refractivity contribution in [3.8, 4) is 0 Å². The maximum Gasteiger partial charge on any atom is 0.341 e. The molecule has 2 heterocycles. The zero-order valence-electron chi connectivity index (χ0n) is 9.30. The van der Waals surface area contributed by atoms with Crippen LogP contribution in [0.4, 0.5) is 0 Å². The minimum absolute atomic E-state index is 0.386. The summed E-state index contributed by atoms with van der Waals surface area (Å²) in [5.41, 5.74) is 0.459. The summed E-state index contributed by atoms with van der Waals surface area (Å²) in [5, 5.41) is 8.82. The van der Waals surface area contributed by atoms with Crippen LogP contribution in [0.1, 0.15) is 21.1 Å². The molecular weight excluding hydrogens is 260 g/mol. The molecule has 0 bridgehead atoms. The van der Waals surface area contributed by atoms with Gasteiger partial charge in [-0.2, -0.15) is 0 Å². The summed E-state index contributed by atoms with van der Waals surface area (Å²) in [6.45, 7) is 1.90. The van der Waals surface area contributed by atoms with E-state index >= 15 is 0 Å². The summed E-state index contributed by atoms with van der Waals surface area (Å²) < 4.78 is 10.8. The first-order valence-corrected chi connectivity index (χ1v) is 6.58. The number of esters is 1. The van der Waals surface area contributed by atoms with E-state index < -0.39 is 0 Å². The number of hydrogen-bond donors (Lipinski definition) is 0. The summed E-state index contributed by atoms with van der Waals surface area (Å²) in [4.78, 5) is 11.4. The van der Waals surface area contributed by atoms with Crippen molar-refractivity contribution in [2.24, 2.45) is 0 Å². The van der Waals surface area contributed by atoms with Gasteiger partial charge in [0.1, 0.15) is 16.3 Å². The average molecular weight is 270 g/mol. The smallest absolute Gasteiger partial charge is 0.341 e. The number of aromatic nitrogens is 2. The normalized spacial score (nSPS) is 10.5. The molecule has 0 N–H and O–H groups in total. The van der Waals surface area contributed by atoms with Crippen LogP contribution >= 0.6 is 23.1 Å². The third-order valence-electron chi connectivity index (χ3n) is 1.98. The van der Waals surface area contributed by atoms with Gasteiger partial charge in [0.2, 0.25) is 0 Å². The number of furan rings is 1. The second kappa shape index (κ2) is 5.33. The summed E-state index contributed by atoms with van der Waals surface area (Å²) in [6, 6.07) is 1.60. The van der Waals surface area contributed by atoms with Gasteiger partial charge in [-0.1, -0.05) is 23.1 Å². The Kier molecular flexibility index (Phi) is 3.80. The fraction of sp³-hybridized carbons (Fsp3) is 0.300. The molecule has 0 aliphatic carbocycles. The van der Waals surface area contributed by atoms with Crippen LogP contribution in [0.2, 0.25) is 0 Å². The molecule has 17 heavy (non-hydrogen) atoms. The van der Waals surface area contributed by atoms with E-state index in [2.05, 4.69) is 14.9 Å². The third kappa shape index (κ3) is 2.86. The Hall–Kier alpha value is -1.34. The topological polar surface area (TPSA) is 65.2 Å². The van der Waals surface area contributed by atoms with Crippen molar-refractivity contribution in [3.05, 3.63) is 28.7 Å². The summed E-state index contributed by atoms with van der Waals surface area (Å²) in [6.07, 6.45) is 1.48. The lowest BCUT2D eigenvalue weighted by Crippen LogP contribution is -2.02. The minimum Gasteiger partial charge on any atom is -0.468 e. The second-order valence-electron chi connectivity index (χ2n) is 3.12. The van der Waals surface area contributed by atoms with Crippen molar-refractivity contribution in [3.63, 3.8) is 0 Å². The van der Waals surface area contributed by atoms with Gasteiger partial charge in [-0.25, -0.2) is 4.79 Å². The maximum atomic E-state index is 11.4. The largest absolute Gasteiger partial charge is 0.468 e. The van der Waals surface area contributed by atoms with Crippen LogP contribution in [0, 0.1) is 6.92 Å². The Morgan fingerprint density at radius 3 is 3.06 bits per heavy atom. The third-order valence-corrected chi connectivity index (χ3v) is 3.96. The highest BCUT2D eigenvalue weighted by molar-refractivity contribution is 8.00. The predicted molar refractivity (Wildman–Crippen MR) is 64.3 cm³/mol. The minimum atomic E-state index is -0.386. The molecule has 0 aromatic carbocycles. The quantitative estimate of drug-likeness (QED) is 0.628. The Balaban J connectivity index is 2.04. The van der Waals surface area contributed by atoms with E-state index in [1.54, 1.807) is 6.07 Å². The molecule has 5 nitrogen and oxygen atoms in total. The molecule has 2 aromatic heterocycles. The molecule has 2 rings (SSSR count). The van der Waals surface area contributed by atoms with E-state index in [0.717, 1.165) is 9.35 Å². The molecule has 0 saturated carbocycles. The molecule has 7 heteroatoms. The standard InChI is InChI=1S/C10H10N2O3S2/c1-6-11-12-10(17-6)16-5-8-7(3-4-15-8)9(13)14-2/h3-4H,5H2,1-2H3. The fourth-order valence-corrected chi connectivity index (χ4v) is 2.98. The van der Waals surface area contributed by atoms with Crippen LogP contribution in [0.25, 0.3) is 0 Å². The number of hydrogen-bond acceptors (Lipinski definition) is 7. The summed E-state index contributed by atoms with van der Waals surface area (Å²) in [7, 11) is 1.35. The SMILES string of the molecule is COC(=O)c1ccoc1CSc1nnc(C)s1. The van der Waals surface area contributed by atoms with Gasteiger partial charge < -0.3 is 9.15 Å². The lowest BCUT2D eigenvalue weighted by molar-refractivity contribution is 0.0598. The zero-order chi connectivity index (χ0) is 12.3. The van der Waals surface area contributed by atoms with E-state index in [-0.39, 0.29) is 5.97 Å². The van der Waals surface area contributed by atoms with E-state index in [1.165, 1.54) is 36.5 Å². The number of nitrogens with zero attached hydrogens (tertiary/aromatic N) is 2. The molecule has 0 spiro atoms. The molecule has 0 aliphatic heterocycles. The van der Waals surface area contributed by atoms with Crippen molar-refractivity contribution in [1.82, 2.24) is 10.2 Å². The molecule has 0 atom stereocenters. The van der Waals surface area contributed by atoms with Crippen molar-refractivity contribution < 1.29 is 13.9 Å². The molecule has 0 unspecified atom stereocenters.